The van der Waals surface area contributed by atoms with Crippen LogP contribution in [0.5, 0.6) is 0 Å². The molecule has 0 aliphatic rings. The molecule has 0 aromatic heterocycles. The normalized spacial score (nSPS) is 13.0. The van der Waals surface area contributed by atoms with Crippen molar-refractivity contribution in [1.82, 2.24) is 5.32 Å². The molecule has 2 unspecified atom stereocenters. The smallest absolute Gasteiger partial charge is 0.313 e. The second-order valence-electron chi connectivity index (χ2n) is 5.77. The second kappa shape index (κ2) is 8.39. The van der Waals surface area contributed by atoms with Crippen LogP contribution >= 0.6 is 0 Å². The number of amides is 2. The fourth-order valence-corrected chi connectivity index (χ4v) is 2.36. The van der Waals surface area contributed by atoms with Crippen LogP contribution < -0.4 is 10.6 Å². The van der Waals surface area contributed by atoms with Gasteiger partial charge in [-0.15, -0.1) is 0 Å². The Bertz CT molecular complexity index is 747. The van der Waals surface area contributed by atoms with E-state index in [1.54, 1.807) is 25.1 Å². The van der Waals surface area contributed by atoms with Crippen LogP contribution in [0.25, 0.3) is 0 Å². The third-order valence-corrected chi connectivity index (χ3v) is 3.84. The molecular weight excluding hydrogens is 323 g/mol. The molecule has 25 heavy (non-hydrogen) atoms. The van der Waals surface area contributed by atoms with Gasteiger partial charge in [-0.05, 0) is 48.7 Å². The van der Waals surface area contributed by atoms with Gasteiger partial charge in [-0.2, -0.15) is 0 Å². The zero-order chi connectivity index (χ0) is 18.4. The first-order valence-electron chi connectivity index (χ1n) is 8.05. The maximum Gasteiger partial charge on any atom is 0.313 e. The lowest BCUT2D eigenvalue weighted by atomic mass is 10.0. The summed E-state index contributed by atoms with van der Waals surface area (Å²) in [5.74, 6) is -2.08. The van der Waals surface area contributed by atoms with Crippen LogP contribution in [-0.4, -0.2) is 23.0 Å². The number of halogens is 1. The van der Waals surface area contributed by atoms with Crippen molar-refractivity contribution in [2.75, 3.05) is 5.32 Å². The van der Waals surface area contributed by atoms with Gasteiger partial charge in [-0.3, -0.25) is 9.59 Å². The Morgan fingerprint density at radius 1 is 1.12 bits per heavy atom. The van der Waals surface area contributed by atoms with Crippen molar-refractivity contribution in [2.24, 2.45) is 0 Å². The van der Waals surface area contributed by atoms with Crippen molar-refractivity contribution in [1.29, 1.82) is 0 Å². The van der Waals surface area contributed by atoms with E-state index in [1.165, 1.54) is 24.3 Å². The highest BCUT2D eigenvalue weighted by Gasteiger charge is 2.22. The number of benzene rings is 2. The summed E-state index contributed by atoms with van der Waals surface area (Å²) in [6.07, 6.45) is -0.239. The molecule has 0 fully saturated rings. The molecule has 0 radical (unpaired) electrons. The first-order valence-corrected chi connectivity index (χ1v) is 8.05. The standard InChI is InChI=1S/C19H21FN2O3/c1-3-13-5-4-6-16(11-13)22-19(25)18(24)21-12(2)17(23)14-7-9-15(20)10-8-14/h4-12,17,23H,3H2,1-2H3,(H,21,24)(H,22,25). The lowest BCUT2D eigenvalue weighted by Crippen LogP contribution is -2.43. The van der Waals surface area contributed by atoms with E-state index in [9.17, 15) is 19.1 Å². The minimum atomic E-state index is -1.05. The van der Waals surface area contributed by atoms with Crippen LogP contribution in [0.3, 0.4) is 0 Å². The van der Waals surface area contributed by atoms with Gasteiger partial charge in [0.25, 0.3) is 0 Å². The second-order valence-corrected chi connectivity index (χ2v) is 5.77. The highest BCUT2D eigenvalue weighted by molar-refractivity contribution is 6.39. The maximum absolute atomic E-state index is 12.9. The SMILES string of the molecule is CCc1cccc(NC(=O)C(=O)NC(C)C(O)c2ccc(F)cc2)c1. The molecule has 0 heterocycles. The molecule has 0 aliphatic carbocycles. The Morgan fingerprint density at radius 3 is 2.44 bits per heavy atom. The number of aliphatic hydroxyl groups is 1. The Balaban J connectivity index is 1.95. The van der Waals surface area contributed by atoms with Crippen LogP contribution in [0.1, 0.15) is 31.1 Å². The van der Waals surface area contributed by atoms with Crippen molar-refractivity contribution in [3.8, 4) is 0 Å². The maximum atomic E-state index is 12.9. The Kier molecular flexibility index (Phi) is 6.25. The van der Waals surface area contributed by atoms with Gasteiger partial charge in [0.15, 0.2) is 0 Å². The first-order chi connectivity index (χ1) is 11.9. The highest BCUT2D eigenvalue weighted by atomic mass is 19.1. The molecule has 3 N–H and O–H groups in total. The average molecular weight is 344 g/mol. The van der Waals surface area contributed by atoms with Crippen molar-refractivity contribution in [2.45, 2.75) is 32.4 Å². The zero-order valence-corrected chi connectivity index (χ0v) is 14.1. The molecule has 2 aromatic carbocycles. The molecule has 2 atom stereocenters. The van der Waals surface area contributed by atoms with Crippen LogP contribution in [0.15, 0.2) is 48.5 Å². The molecule has 0 spiro atoms. The van der Waals surface area contributed by atoms with Crippen molar-refractivity contribution in [3.05, 3.63) is 65.5 Å². The quantitative estimate of drug-likeness (QED) is 0.730. The van der Waals surface area contributed by atoms with E-state index >= 15 is 0 Å². The van der Waals surface area contributed by atoms with Crippen LogP contribution in [0.2, 0.25) is 0 Å². The molecule has 0 bridgehead atoms. The van der Waals surface area contributed by atoms with E-state index in [2.05, 4.69) is 10.6 Å². The molecule has 0 saturated carbocycles. The van der Waals surface area contributed by atoms with E-state index in [0.717, 1.165) is 12.0 Å². The molecule has 5 nitrogen and oxygen atoms in total. The Hall–Kier alpha value is -2.73. The molecule has 2 aromatic rings. The fraction of sp³-hybridized carbons (Fsp3) is 0.263. The predicted octanol–water partition coefficient (Wildman–Crippen LogP) is 2.56. The summed E-state index contributed by atoms with van der Waals surface area (Å²) in [7, 11) is 0. The molecule has 6 heteroatoms. The van der Waals surface area contributed by atoms with E-state index < -0.39 is 29.8 Å². The predicted molar refractivity (Wildman–Crippen MR) is 93.4 cm³/mol. The number of nitrogens with one attached hydrogen (secondary N) is 2. The lowest BCUT2D eigenvalue weighted by molar-refractivity contribution is -0.137. The summed E-state index contributed by atoms with van der Waals surface area (Å²) in [6.45, 7) is 3.56. The summed E-state index contributed by atoms with van der Waals surface area (Å²) in [6, 6.07) is 11.8. The van der Waals surface area contributed by atoms with E-state index in [1.807, 2.05) is 13.0 Å². The van der Waals surface area contributed by atoms with Gasteiger partial charge in [0, 0.05) is 5.69 Å². The van der Waals surface area contributed by atoms with Gasteiger partial charge in [-0.1, -0.05) is 31.2 Å². The summed E-state index contributed by atoms with van der Waals surface area (Å²) in [4.78, 5) is 24.0. The molecule has 132 valence electrons. The monoisotopic (exact) mass is 344 g/mol. The third kappa shape index (κ3) is 5.12. The zero-order valence-electron chi connectivity index (χ0n) is 14.1. The number of aryl methyl sites for hydroxylation is 1. The van der Waals surface area contributed by atoms with Gasteiger partial charge < -0.3 is 15.7 Å². The Morgan fingerprint density at radius 2 is 1.80 bits per heavy atom. The average Bonchev–Trinajstić information content (AvgIpc) is 2.61. The number of anilines is 1. The summed E-state index contributed by atoms with van der Waals surface area (Å²) < 4.78 is 12.9. The lowest BCUT2D eigenvalue weighted by Gasteiger charge is -2.20. The van der Waals surface area contributed by atoms with E-state index in [-0.39, 0.29) is 0 Å². The van der Waals surface area contributed by atoms with Crippen molar-refractivity contribution < 1.29 is 19.1 Å². The molecule has 2 rings (SSSR count). The van der Waals surface area contributed by atoms with Gasteiger partial charge in [0.1, 0.15) is 5.82 Å². The number of hydrogen-bond acceptors (Lipinski definition) is 3. The van der Waals surface area contributed by atoms with Gasteiger partial charge in [-0.25, -0.2) is 4.39 Å². The van der Waals surface area contributed by atoms with Crippen molar-refractivity contribution >= 4 is 17.5 Å². The largest absolute Gasteiger partial charge is 0.386 e. The van der Waals surface area contributed by atoms with Crippen LogP contribution in [0.4, 0.5) is 10.1 Å². The number of rotatable bonds is 5. The number of hydrogen-bond donors (Lipinski definition) is 3. The molecule has 2 amide bonds. The van der Waals surface area contributed by atoms with Crippen molar-refractivity contribution in [3.63, 3.8) is 0 Å². The summed E-state index contributed by atoms with van der Waals surface area (Å²) in [5, 5.41) is 15.2. The van der Waals surface area contributed by atoms with Gasteiger partial charge in [0.05, 0.1) is 12.1 Å². The third-order valence-electron chi connectivity index (χ3n) is 3.84. The van der Waals surface area contributed by atoms with Gasteiger partial charge >= 0.3 is 11.8 Å². The highest BCUT2D eigenvalue weighted by Crippen LogP contribution is 2.17. The number of aliphatic hydroxyl groups excluding tert-OH is 1. The van der Waals surface area contributed by atoms with E-state index in [4.69, 9.17) is 0 Å². The van der Waals surface area contributed by atoms with Crippen LogP contribution in [-0.2, 0) is 16.0 Å². The number of carbonyl (C=O) groups is 2. The molecule has 0 aliphatic heterocycles. The van der Waals surface area contributed by atoms with Crippen LogP contribution in [0, 0.1) is 5.82 Å². The number of carbonyl (C=O) groups excluding carboxylic acids is 2. The topological polar surface area (TPSA) is 78.4 Å². The summed E-state index contributed by atoms with van der Waals surface area (Å²) >= 11 is 0. The summed E-state index contributed by atoms with van der Waals surface area (Å²) in [5.41, 5.74) is 2.02. The van der Waals surface area contributed by atoms with Gasteiger partial charge in [0.2, 0.25) is 0 Å². The molecular formula is C19H21FN2O3. The Labute approximate surface area is 145 Å². The van der Waals surface area contributed by atoms with E-state index in [0.29, 0.717) is 11.3 Å². The minimum Gasteiger partial charge on any atom is -0.386 e. The molecule has 0 saturated heterocycles. The minimum absolute atomic E-state index is 0.415. The fourth-order valence-electron chi connectivity index (χ4n) is 2.36. The first kappa shape index (κ1) is 18.6.